The summed E-state index contributed by atoms with van der Waals surface area (Å²) >= 11 is 6.00. The third kappa shape index (κ3) is 4.34. The minimum absolute atomic E-state index is 0.0286. The molecule has 0 amide bonds. The van der Waals surface area contributed by atoms with E-state index in [4.69, 9.17) is 11.6 Å². The average Bonchev–Trinajstić information content (AvgIpc) is 2.37. The zero-order chi connectivity index (χ0) is 14.6. The molecular weight excluding hydrogens is 294 g/mol. The molecule has 2 rings (SSSR count). The van der Waals surface area contributed by atoms with Crippen LogP contribution in [0.1, 0.15) is 16.7 Å². The second-order valence-corrected chi connectivity index (χ2v) is 6.87. The Morgan fingerprint density at radius 2 is 1.85 bits per heavy atom. The first-order valence-corrected chi connectivity index (χ1v) is 8.25. The summed E-state index contributed by atoms with van der Waals surface area (Å²) in [6, 6.07) is 14.7. The van der Waals surface area contributed by atoms with Crippen molar-refractivity contribution in [1.82, 2.24) is 4.72 Å². The third-order valence-electron chi connectivity index (χ3n) is 2.88. The molecule has 2 aromatic rings. The Labute approximate surface area is 124 Å². The van der Waals surface area contributed by atoms with E-state index in [1.54, 1.807) is 12.1 Å². The first kappa shape index (κ1) is 15.0. The van der Waals surface area contributed by atoms with Crippen LogP contribution < -0.4 is 4.72 Å². The standard InChI is InChI=1S/C15H16ClNO2S/c1-12-5-4-6-13(9-12)11-20(18,19)17-10-14-7-2-3-8-15(14)16/h2-9,17H,10-11H2,1H3. The molecule has 106 valence electrons. The van der Waals surface area contributed by atoms with Gasteiger partial charge in [0, 0.05) is 11.6 Å². The van der Waals surface area contributed by atoms with Crippen LogP contribution in [0.15, 0.2) is 48.5 Å². The van der Waals surface area contributed by atoms with Crippen LogP contribution in [0.4, 0.5) is 0 Å². The SMILES string of the molecule is Cc1cccc(CS(=O)(=O)NCc2ccccc2Cl)c1. The Morgan fingerprint density at radius 3 is 2.55 bits per heavy atom. The van der Waals surface area contributed by atoms with Gasteiger partial charge in [0.2, 0.25) is 10.0 Å². The largest absolute Gasteiger partial charge is 0.216 e. The van der Waals surface area contributed by atoms with Crippen molar-refractivity contribution in [3.8, 4) is 0 Å². The number of benzene rings is 2. The Bertz CT molecular complexity index is 699. The lowest BCUT2D eigenvalue weighted by Crippen LogP contribution is -2.24. The lowest BCUT2D eigenvalue weighted by molar-refractivity contribution is 0.580. The maximum atomic E-state index is 12.0. The number of nitrogens with one attached hydrogen (secondary N) is 1. The fourth-order valence-corrected chi connectivity index (χ4v) is 3.20. The molecule has 0 unspecified atom stereocenters. The van der Waals surface area contributed by atoms with Gasteiger partial charge in [0.05, 0.1) is 5.75 Å². The van der Waals surface area contributed by atoms with Crippen molar-refractivity contribution < 1.29 is 8.42 Å². The predicted octanol–water partition coefficient (Wildman–Crippen LogP) is 3.27. The van der Waals surface area contributed by atoms with Crippen LogP contribution >= 0.6 is 11.6 Å². The summed E-state index contributed by atoms with van der Waals surface area (Å²) in [7, 11) is -3.37. The van der Waals surface area contributed by atoms with Crippen LogP contribution in [0.5, 0.6) is 0 Å². The second-order valence-electron chi connectivity index (χ2n) is 4.66. The van der Waals surface area contributed by atoms with Crippen molar-refractivity contribution in [1.29, 1.82) is 0 Å². The first-order chi connectivity index (χ1) is 9.46. The van der Waals surface area contributed by atoms with Crippen molar-refractivity contribution >= 4 is 21.6 Å². The smallest absolute Gasteiger partial charge is 0.212 e. The monoisotopic (exact) mass is 309 g/mol. The predicted molar refractivity (Wildman–Crippen MR) is 82.1 cm³/mol. The molecule has 0 radical (unpaired) electrons. The number of halogens is 1. The number of rotatable bonds is 5. The molecule has 2 aromatic carbocycles. The molecule has 0 spiro atoms. The Balaban J connectivity index is 2.03. The third-order valence-corrected chi connectivity index (χ3v) is 4.55. The fraction of sp³-hybridized carbons (Fsp3) is 0.200. The molecule has 0 atom stereocenters. The minimum Gasteiger partial charge on any atom is -0.212 e. The van der Waals surface area contributed by atoms with Crippen molar-refractivity contribution in [3.63, 3.8) is 0 Å². The first-order valence-electron chi connectivity index (χ1n) is 6.22. The lowest BCUT2D eigenvalue weighted by Gasteiger charge is -2.08. The summed E-state index contributed by atoms with van der Waals surface area (Å²) in [5.74, 6) is -0.0286. The topological polar surface area (TPSA) is 46.2 Å². The summed E-state index contributed by atoms with van der Waals surface area (Å²) in [6.45, 7) is 2.14. The Kier molecular flexibility index (Phi) is 4.81. The Hall–Kier alpha value is -1.36. The molecule has 0 heterocycles. The zero-order valence-electron chi connectivity index (χ0n) is 11.1. The van der Waals surface area contributed by atoms with Gasteiger partial charge in [0.25, 0.3) is 0 Å². The molecule has 0 aromatic heterocycles. The molecule has 20 heavy (non-hydrogen) atoms. The van der Waals surface area contributed by atoms with Crippen molar-refractivity contribution in [3.05, 3.63) is 70.2 Å². The molecule has 5 heteroatoms. The fourth-order valence-electron chi connectivity index (χ4n) is 1.90. The van der Waals surface area contributed by atoms with Gasteiger partial charge in [0.15, 0.2) is 0 Å². The highest BCUT2D eigenvalue weighted by atomic mass is 35.5. The molecule has 0 fully saturated rings. The number of hydrogen-bond donors (Lipinski definition) is 1. The normalized spacial score (nSPS) is 11.5. The van der Waals surface area contributed by atoms with E-state index < -0.39 is 10.0 Å². The van der Waals surface area contributed by atoms with Gasteiger partial charge in [-0.2, -0.15) is 0 Å². The van der Waals surface area contributed by atoms with E-state index in [1.165, 1.54) is 0 Å². The van der Waals surface area contributed by atoms with Crippen LogP contribution in [-0.2, 0) is 22.3 Å². The number of sulfonamides is 1. The summed E-state index contributed by atoms with van der Waals surface area (Å²) in [6.07, 6.45) is 0. The van der Waals surface area contributed by atoms with E-state index in [0.717, 1.165) is 16.7 Å². The van der Waals surface area contributed by atoms with E-state index in [0.29, 0.717) is 5.02 Å². The van der Waals surface area contributed by atoms with E-state index in [2.05, 4.69) is 4.72 Å². The van der Waals surface area contributed by atoms with E-state index in [-0.39, 0.29) is 12.3 Å². The molecule has 0 aliphatic carbocycles. The van der Waals surface area contributed by atoms with Crippen LogP contribution in [0.2, 0.25) is 5.02 Å². The second kappa shape index (κ2) is 6.39. The van der Waals surface area contributed by atoms with E-state index >= 15 is 0 Å². The summed E-state index contributed by atoms with van der Waals surface area (Å²) < 4.78 is 26.7. The van der Waals surface area contributed by atoms with Crippen LogP contribution in [0.25, 0.3) is 0 Å². The molecule has 1 N–H and O–H groups in total. The highest BCUT2D eigenvalue weighted by Gasteiger charge is 2.12. The van der Waals surface area contributed by atoms with Crippen LogP contribution in [0.3, 0.4) is 0 Å². The quantitative estimate of drug-likeness (QED) is 0.921. The summed E-state index contributed by atoms with van der Waals surface area (Å²) in [5, 5.41) is 0.561. The lowest BCUT2D eigenvalue weighted by atomic mass is 10.2. The van der Waals surface area contributed by atoms with Crippen LogP contribution in [-0.4, -0.2) is 8.42 Å². The maximum Gasteiger partial charge on any atom is 0.216 e. The van der Waals surface area contributed by atoms with E-state index in [1.807, 2.05) is 43.3 Å². The van der Waals surface area contributed by atoms with Gasteiger partial charge in [-0.1, -0.05) is 59.6 Å². The molecular formula is C15H16ClNO2S. The minimum atomic E-state index is -3.37. The van der Waals surface area contributed by atoms with Crippen molar-refractivity contribution in [2.24, 2.45) is 0 Å². The average molecular weight is 310 g/mol. The van der Waals surface area contributed by atoms with Gasteiger partial charge in [0.1, 0.15) is 0 Å². The zero-order valence-corrected chi connectivity index (χ0v) is 12.7. The Morgan fingerprint density at radius 1 is 1.10 bits per heavy atom. The molecule has 0 saturated carbocycles. The highest BCUT2D eigenvalue weighted by molar-refractivity contribution is 7.88. The molecule has 0 aliphatic heterocycles. The van der Waals surface area contributed by atoms with Gasteiger partial charge in [-0.15, -0.1) is 0 Å². The highest BCUT2D eigenvalue weighted by Crippen LogP contribution is 2.15. The molecule has 0 saturated heterocycles. The summed E-state index contributed by atoms with van der Waals surface area (Å²) in [4.78, 5) is 0. The van der Waals surface area contributed by atoms with Crippen molar-refractivity contribution in [2.75, 3.05) is 0 Å². The molecule has 3 nitrogen and oxygen atoms in total. The van der Waals surface area contributed by atoms with Gasteiger partial charge < -0.3 is 0 Å². The van der Waals surface area contributed by atoms with E-state index in [9.17, 15) is 8.42 Å². The van der Waals surface area contributed by atoms with Gasteiger partial charge in [-0.05, 0) is 24.1 Å². The summed E-state index contributed by atoms with van der Waals surface area (Å²) in [5.41, 5.74) is 2.59. The number of aryl methyl sites for hydroxylation is 1. The van der Waals surface area contributed by atoms with Gasteiger partial charge in [-0.3, -0.25) is 0 Å². The van der Waals surface area contributed by atoms with Gasteiger partial charge in [-0.25, -0.2) is 13.1 Å². The van der Waals surface area contributed by atoms with Gasteiger partial charge >= 0.3 is 0 Å². The maximum absolute atomic E-state index is 12.0. The number of hydrogen-bond acceptors (Lipinski definition) is 2. The molecule has 0 aliphatic rings. The van der Waals surface area contributed by atoms with Crippen LogP contribution in [0, 0.1) is 6.92 Å². The molecule has 0 bridgehead atoms. The van der Waals surface area contributed by atoms with Crippen molar-refractivity contribution in [2.45, 2.75) is 19.2 Å².